The van der Waals surface area contributed by atoms with Crippen molar-refractivity contribution < 1.29 is 9.53 Å². The van der Waals surface area contributed by atoms with Gasteiger partial charge < -0.3 is 15.4 Å². The molecular formula is C16H19N3O2. The molecule has 5 heteroatoms. The van der Waals surface area contributed by atoms with Crippen molar-refractivity contribution >= 4 is 17.4 Å². The summed E-state index contributed by atoms with van der Waals surface area (Å²) in [5.41, 5.74) is 2.33. The standard InChI is InChI=1S/C16H19N3O2/c1-3-17-15-10-13(7-8-18-15)16(20)19-14-6-4-5-12(9-14)11-21-2/h4-10H,3,11H2,1-2H3,(H,17,18)(H,19,20). The third-order valence-electron chi connectivity index (χ3n) is 2.88. The summed E-state index contributed by atoms with van der Waals surface area (Å²) in [6.07, 6.45) is 1.62. The molecular weight excluding hydrogens is 266 g/mol. The number of methoxy groups -OCH3 is 1. The number of nitrogens with one attached hydrogen (secondary N) is 2. The van der Waals surface area contributed by atoms with Gasteiger partial charge in [0.05, 0.1) is 6.61 Å². The molecule has 1 heterocycles. The molecule has 0 aliphatic heterocycles. The van der Waals surface area contributed by atoms with E-state index in [9.17, 15) is 4.79 Å². The monoisotopic (exact) mass is 285 g/mol. The summed E-state index contributed by atoms with van der Waals surface area (Å²) in [5.74, 6) is 0.532. The van der Waals surface area contributed by atoms with E-state index in [1.807, 2.05) is 31.2 Å². The molecule has 0 saturated carbocycles. The quantitative estimate of drug-likeness (QED) is 0.856. The number of ether oxygens (including phenoxy) is 1. The Morgan fingerprint density at radius 2 is 2.14 bits per heavy atom. The maximum atomic E-state index is 12.2. The van der Waals surface area contributed by atoms with Gasteiger partial charge in [-0.05, 0) is 36.8 Å². The molecule has 2 N–H and O–H groups in total. The zero-order valence-electron chi connectivity index (χ0n) is 12.2. The van der Waals surface area contributed by atoms with E-state index in [-0.39, 0.29) is 5.91 Å². The molecule has 0 atom stereocenters. The van der Waals surface area contributed by atoms with Crippen LogP contribution in [0.25, 0.3) is 0 Å². The number of amides is 1. The average Bonchev–Trinajstić information content (AvgIpc) is 2.48. The Labute approximate surface area is 124 Å². The molecule has 110 valence electrons. The number of carbonyl (C=O) groups is 1. The van der Waals surface area contributed by atoms with E-state index in [0.29, 0.717) is 18.0 Å². The third-order valence-corrected chi connectivity index (χ3v) is 2.88. The highest BCUT2D eigenvalue weighted by atomic mass is 16.5. The number of hydrogen-bond donors (Lipinski definition) is 2. The normalized spacial score (nSPS) is 10.2. The van der Waals surface area contributed by atoms with Crippen molar-refractivity contribution in [1.82, 2.24) is 4.98 Å². The number of anilines is 2. The van der Waals surface area contributed by atoms with Gasteiger partial charge in [0.1, 0.15) is 5.82 Å². The molecule has 0 bridgehead atoms. The Morgan fingerprint density at radius 3 is 2.90 bits per heavy atom. The molecule has 0 spiro atoms. The van der Waals surface area contributed by atoms with Crippen LogP contribution in [0.4, 0.5) is 11.5 Å². The van der Waals surface area contributed by atoms with Crippen LogP contribution in [0.1, 0.15) is 22.8 Å². The molecule has 0 radical (unpaired) electrons. The van der Waals surface area contributed by atoms with Crippen LogP contribution in [-0.2, 0) is 11.3 Å². The number of nitrogens with zero attached hydrogens (tertiary/aromatic N) is 1. The number of benzene rings is 1. The fraction of sp³-hybridized carbons (Fsp3) is 0.250. The molecule has 2 aromatic rings. The minimum absolute atomic E-state index is 0.161. The second-order valence-electron chi connectivity index (χ2n) is 4.55. The summed E-state index contributed by atoms with van der Waals surface area (Å²) in [7, 11) is 1.64. The molecule has 0 fully saturated rings. The lowest BCUT2D eigenvalue weighted by Gasteiger charge is -2.08. The molecule has 0 saturated heterocycles. The first-order chi connectivity index (χ1) is 10.2. The number of rotatable bonds is 6. The topological polar surface area (TPSA) is 63.2 Å². The summed E-state index contributed by atoms with van der Waals surface area (Å²) in [5, 5.41) is 5.96. The molecule has 1 amide bonds. The fourth-order valence-electron chi connectivity index (χ4n) is 1.96. The van der Waals surface area contributed by atoms with E-state index in [1.165, 1.54) is 0 Å². The molecule has 1 aromatic carbocycles. The fourth-order valence-corrected chi connectivity index (χ4v) is 1.96. The molecule has 2 rings (SSSR count). The minimum atomic E-state index is -0.161. The van der Waals surface area contributed by atoms with Crippen molar-refractivity contribution in [2.24, 2.45) is 0 Å². The van der Waals surface area contributed by atoms with Crippen LogP contribution in [0.3, 0.4) is 0 Å². The van der Waals surface area contributed by atoms with Crippen LogP contribution < -0.4 is 10.6 Å². The third kappa shape index (κ3) is 4.29. The molecule has 0 aliphatic carbocycles. The summed E-state index contributed by atoms with van der Waals surface area (Å²) in [6.45, 7) is 3.26. The Morgan fingerprint density at radius 1 is 1.29 bits per heavy atom. The van der Waals surface area contributed by atoms with Crippen molar-refractivity contribution in [2.75, 3.05) is 24.3 Å². The average molecular weight is 285 g/mol. The SMILES string of the molecule is CCNc1cc(C(=O)Nc2cccc(COC)c2)ccn1. The zero-order valence-corrected chi connectivity index (χ0v) is 12.2. The first kappa shape index (κ1) is 15.0. The van der Waals surface area contributed by atoms with Crippen molar-refractivity contribution in [2.45, 2.75) is 13.5 Å². The maximum absolute atomic E-state index is 12.2. The van der Waals surface area contributed by atoms with E-state index in [2.05, 4.69) is 15.6 Å². The molecule has 0 unspecified atom stereocenters. The van der Waals surface area contributed by atoms with Crippen molar-refractivity contribution in [3.63, 3.8) is 0 Å². The summed E-state index contributed by atoms with van der Waals surface area (Å²) < 4.78 is 5.09. The number of pyridine rings is 1. The second-order valence-corrected chi connectivity index (χ2v) is 4.55. The van der Waals surface area contributed by atoms with Crippen LogP contribution in [0.15, 0.2) is 42.6 Å². The van der Waals surface area contributed by atoms with E-state index >= 15 is 0 Å². The van der Waals surface area contributed by atoms with Gasteiger partial charge in [-0.1, -0.05) is 12.1 Å². The highest BCUT2D eigenvalue weighted by Crippen LogP contribution is 2.14. The number of carbonyl (C=O) groups excluding carboxylic acids is 1. The molecule has 1 aromatic heterocycles. The second kappa shape index (κ2) is 7.40. The van der Waals surface area contributed by atoms with E-state index in [0.717, 1.165) is 17.8 Å². The van der Waals surface area contributed by atoms with E-state index < -0.39 is 0 Å². The summed E-state index contributed by atoms with van der Waals surface area (Å²) in [6, 6.07) is 11.0. The number of aromatic nitrogens is 1. The largest absolute Gasteiger partial charge is 0.380 e. The van der Waals surface area contributed by atoms with Gasteiger partial charge in [0.15, 0.2) is 0 Å². The highest BCUT2D eigenvalue weighted by Gasteiger charge is 2.07. The van der Waals surface area contributed by atoms with Gasteiger partial charge in [0, 0.05) is 31.1 Å². The van der Waals surface area contributed by atoms with Crippen LogP contribution >= 0.6 is 0 Å². The van der Waals surface area contributed by atoms with Gasteiger partial charge in [0.25, 0.3) is 5.91 Å². The lowest BCUT2D eigenvalue weighted by atomic mass is 10.2. The Kier molecular flexibility index (Phi) is 5.29. The Bertz CT molecular complexity index is 614. The van der Waals surface area contributed by atoms with E-state index in [4.69, 9.17) is 4.74 Å². The van der Waals surface area contributed by atoms with Gasteiger partial charge in [-0.2, -0.15) is 0 Å². The lowest BCUT2D eigenvalue weighted by Crippen LogP contribution is -2.13. The van der Waals surface area contributed by atoms with Gasteiger partial charge in [-0.3, -0.25) is 4.79 Å². The van der Waals surface area contributed by atoms with Gasteiger partial charge >= 0.3 is 0 Å². The van der Waals surface area contributed by atoms with Crippen LogP contribution in [0.5, 0.6) is 0 Å². The molecule has 5 nitrogen and oxygen atoms in total. The van der Waals surface area contributed by atoms with E-state index in [1.54, 1.807) is 25.4 Å². The minimum Gasteiger partial charge on any atom is -0.380 e. The van der Waals surface area contributed by atoms with Crippen LogP contribution in [0, 0.1) is 0 Å². The Hall–Kier alpha value is -2.40. The van der Waals surface area contributed by atoms with Crippen molar-refractivity contribution in [3.05, 3.63) is 53.7 Å². The van der Waals surface area contributed by atoms with Crippen LogP contribution in [0.2, 0.25) is 0 Å². The zero-order chi connectivity index (χ0) is 15.1. The van der Waals surface area contributed by atoms with Gasteiger partial charge in [-0.15, -0.1) is 0 Å². The molecule has 0 aliphatic rings. The van der Waals surface area contributed by atoms with Gasteiger partial charge in [-0.25, -0.2) is 4.98 Å². The smallest absolute Gasteiger partial charge is 0.255 e. The predicted octanol–water partition coefficient (Wildman–Crippen LogP) is 2.91. The lowest BCUT2D eigenvalue weighted by molar-refractivity contribution is 0.102. The predicted molar refractivity (Wildman–Crippen MR) is 83.5 cm³/mol. The first-order valence-corrected chi connectivity index (χ1v) is 6.82. The summed E-state index contributed by atoms with van der Waals surface area (Å²) >= 11 is 0. The highest BCUT2D eigenvalue weighted by molar-refractivity contribution is 6.04. The molecule has 21 heavy (non-hydrogen) atoms. The first-order valence-electron chi connectivity index (χ1n) is 6.82. The number of hydrogen-bond acceptors (Lipinski definition) is 4. The maximum Gasteiger partial charge on any atom is 0.255 e. The summed E-state index contributed by atoms with van der Waals surface area (Å²) in [4.78, 5) is 16.4. The Balaban J connectivity index is 2.10. The van der Waals surface area contributed by atoms with Gasteiger partial charge in [0.2, 0.25) is 0 Å². The van der Waals surface area contributed by atoms with Crippen molar-refractivity contribution in [3.8, 4) is 0 Å². The van der Waals surface area contributed by atoms with Crippen LogP contribution in [-0.4, -0.2) is 24.5 Å². The van der Waals surface area contributed by atoms with Crippen molar-refractivity contribution in [1.29, 1.82) is 0 Å².